The first-order valence-electron chi connectivity index (χ1n) is 7.79. The van der Waals surface area contributed by atoms with Gasteiger partial charge in [-0.2, -0.15) is 0 Å². The summed E-state index contributed by atoms with van der Waals surface area (Å²) >= 11 is 0. The third kappa shape index (κ3) is 5.14. The molecule has 4 heteroatoms. The average Bonchev–Trinajstić information content (AvgIpc) is 2.33. The Morgan fingerprint density at radius 1 is 1.15 bits per heavy atom. The minimum absolute atomic E-state index is 0.00930. The van der Waals surface area contributed by atoms with Crippen molar-refractivity contribution in [3.05, 3.63) is 0 Å². The summed E-state index contributed by atoms with van der Waals surface area (Å²) in [7, 11) is 0. The van der Waals surface area contributed by atoms with Gasteiger partial charge in [0.1, 0.15) is 0 Å². The Morgan fingerprint density at radius 3 is 2.40 bits per heavy atom. The number of rotatable bonds is 4. The van der Waals surface area contributed by atoms with E-state index in [-0.39, 0.29) is 11.8 Å². The molecule has 0 aromatic carbocycles. The number of hydrogen-bond donors (Lipinski definition) is 2. The average molecular weight is 282 g/mol. The lowest BCUT2D eigenvalue weighted by molar-refractivity contribution is -0.128. The van der Waals surface area contributed by atoms with E-state index in [0.717, 1.165) is 6.42 Å². The summed E-state index contributed by atoms with van der Waals surface area (Å²) in [5, 5.41) is 5.93. The highest BCUT2D eigenvalue weighted by Crippen LogP contribution is 2.29. The van der Waals surface area contributed by atoms with Crippen LogP contribution in [0.25, 0.3) is 0 Å². The summed E-state index contributed by atoms with van der Waals surface area (Å²) in [6.07, 6.45) is 3.89. The van der Waals surface area contributed by atoms with Crippen LogP contribution in [0.4, 0.5) is 0 Å². The monoisotopic (exact) mass is 282 g/mol. The number of carbonyl (C=O) groups excluding carboxylic acids is 2. The summed E-state index contributed by atoms with van der Waals surface area (Å²) in [4.78, 5) is 23.6. The van der Waals surface area contributed by atoms with Gasteiger partial charge in [0.2, 0.25) is 11.8 Å². The van der Waals surface area contributed by atoms with Crippen LogP contribution in [0.5, 0.6) is 0 Å². The molecule has 0 saturated heterocycles. The van der Waals surface area contributed by atoms with Crippen molar-refractivity contribution in [2.24, 2.45) is 17.3 Å². The van der Waals surface area contributed by atoms with E-state index in [4.69, 9.17) is 0 Å². The molecule has 2 N–H and O–H groups in total. The molecular formula is C16H30N2O2. The fourth-order valence-electron chi connectivity index (χ4n) is 2.62. The zero-order valence-electron chi connectivity index (χ0n) is 13.6. The third-order valence-electron chi connectivity index (χ3n) is 4.37. The van der Waals surface area contributed by atoms with Gasteiger partial charge in [0, 0.05) is 24.4 Å². The number of amides is 2. The van der Waals surface area contributed by atoms with Crippen molar-refractivity contribution >= 4 is 11.8 Å². The standard InChI is InChI=1S/C16H30N2O2/c1-11-7-6-8-13(12(11)2)18-14(19)9-10-17-15(20)16(3,4)5/h11-13H,6-10H2,1-5H3,(H,17,20)(H,18,19). The topological polar surface area (TPSA) is 58.2 Å². The molecule has 2 amide bonds. The van der Waals surface area contributed by atoms with Gasteiger partial charge in [-0.05, 0) is 18.3 Å². The molecule has 4 nitrogen and oxygen atoms in total. The summed E-state index contributed by atoms with van der Waals surface area (Å²) in [6, 6.07) is 0.296. The van der Waals surface area contributed by atoms with E-state index in [1.807, 2.05) is 20.8 Å². The largest absolute Gasteiger partial charge is 0.355 e. The number of carbonyl (C=O) groups is 2. The van der Waals surface area contributed by atoms with Crippen LogP contribution in [0, 0.1) is 17.3 Å². The fraction of sp³-hybridized carbons (Fsp3) is 0.875. The van der Waals surface area contributed by atoms with Crippen LogP contribution < -0.4 is 10.6 Å². The second-order valence-electron chi connectivity index (χ2n) is 7.20. The zero-order chi connectivity index (χ0) is 15.3. The quantitative estimate of drug-likeness (QED) is 0.832. The van der Waals surface area contributed by atoms with Crippen LogP contribution in [-0.2, 0) is 9.59 Å². The first-order chi connectivity index (χ1) is 9.21. The van der Waals surface area contributed by atoms with Crippen LogP contribution >= 0.6 is 0 Å². The lowest BCUT2D eigenvalue weighted by Gasteiger charge is -2.34. The maximum atomic E-state index is 11.9. The molecule has 1 fully saturated rings. The molecule has 20 heavy (non-hydrogen) atoms. The Balaban J connectivity index is 2.28. The second kappa shape index (κ2) is 7.09. The van der Waals surface area contributed by atoms with Crippen molar-refractivity contribution in [2.75, 3.05) is 6.54 Å². The highest BCUT2D eigenvalue weighted by atomic mass is 16.2. The third-order valence-corrected chi connectivity index (χ3v) is 4.37. The molecule has 0 heterocycles. The van der Waals surface area contributed by atoms with Gasteiger partial charge in [-0.25, -0.2) is 0 Å². The Kier molecular flexibility index (Phi) is 6.03. The molecule has 0 bridgehead atoms. The molecule has 0 aromatic heterocycles. The maximum absolute atomic E-state index is 11.9. The fourth-order valence-corrected chi connectivity index (χ4v) is 2.62. The minimum Gasteiger partial charge on any atom is -0.355 e. The summed E-state index contributed by atoms with van der Waals surface area (Å²) in [5.74, 6) is 1.25. The molecule has 1 rings (SSSR count). The minimum atomic E-state index is -0.399. The molecule has 116 valence electrons. The molecule has 1 aliphatic rings. The van der Waals surface area contributed by atoms with Crippen LogP contribution in [-0.4, -0.2) is 24.4 Å². The summed E-state index contributed by atoms with van der Waals surface area (Å²) in [5.41, 5.74) is -0.399. The van der Waals surface area contributed by atoms with E-state index in [9.17, 15) is 9.59 Å². The number of nitrogens with one attached hydrogen (secondary N) is 2. The van der Waals surface area contributed by atoms with Gasteiger partial charge in [0.25, 0.3) is 0 Å². The van der Waals surface area contributed by atoms with Crippen molar-refractivity contribution in [1.82, 2.24) is 10.6 Å². The lowest BCUT2D eigenvalue weighted by Crippen LogP contribution is -2.45. The summed E-state index contributed by atoms with van der Waals surface area (Å²) < 4.78 is 0. The SMILES string of the molecule is CC1CCCC(NC(=O)CCNC(=O)C(C)(C)C)C1C. The molecule has 3 unspecified atom stereocenters. The molecule has 3 atom stereocenters. The van der Waals surface area contributed by atoms with Crippen LogP contribution in [0.1, 0.15) is 60.3 Å². The van der Waals surface area contributed by atoms with Gasteiger partial charge in [0.15, 0.2) is 0 Å². The molecule has 0 radical (unpaired) electrons. The van der Waals surface area contributed by atoms with Gasteiger partial charge in [-0.1, -0.05) is 47.5 Å². The van der Waals surface area contributed by atoms with Crippen LogP contribution in [0.15, 0.2) is 0 Å². The molecular weight excluding hydrogens is 252 g/mol. The predicted molar refractivity (Wildman–Crippen MR) is 81.2 cm³/mol. The van der Waals surface area contributed by atoms with Gasteiger partial charge >= 0.3 is 0 Å². The van der Waals surface area contributed by atoms with E-state index >= 15 is 0 Å². The second-order valence-corrected chi connectivity index (χ2v) is 7.20. The lowest BCUT2D eigenvalue weighted by atomic mass is 9.78. The predicted octanol–water partition coefficient (Wildman–Crippen LogP) is 2.48. The summed E-state index contributed by atoms with van der Waals surface area (Å²) in [6.45, 7) is 10.5. The smallest absolute Gasteiger partial charge is 0.225 e. The molecule has 0 aliphatic heterocycles. The van der Waals surface area contributed by atoms with Crippen molar-refractivity contribution in [3.8, 4) is 0 Å². The highest BCUT2D eigenvalue weighted by Gasteiger charge is 2.28. The van der Waals surface area contributed by atoms with E-state index in [2.05, 4.69) is 24.5 Å². The first-order valence-corrected chi connectivity index (χ1v) is 7.79. The Labute approximate surface area is 123 Å². The van der Waals surface area contributed by atoms with E-state index in [1.165, 1.54) is 12.8 Å². The van der Waals surface area contributed by atoms with Gasteiger partial charge in [0.05, 0.1) is 0 Å². The maximum Gasteiger partial charge on any atom is 0.225 e. The number of hydrogen-bond acceptors (Lipinski definition) is 2. The highest BCUT2D eigenvalue weighted by molar-refractivity contribution is 5.82. The first kappa shape index (κ1) is 17.0. The molecule has 0 aromatic rings. The Bertz CT molecular complexity index is 347. The van der Waals surface area contributed by atoms with E-state index in [0.29, 0.717) is 30.8 Å². The van der Waals surface area contributed by atoms with Crippen LogP contribution in [0.3, 0.4) is 0 Å². The van der Waals surface area contributed by atoms with Gasteiger partial charge in [-0.3, -0.25) is 9.59 Å². The molecule has 1 aliphatic carbocycles. The Hall–Kier alpha value is -1.06. The zero-order valence-corrected chi connectivity index (χ0v) is 13.6. The van der Waals surface area contributed by atoms with Gasteiger partial charge in [-0.15, -0.1) is 0 Å². The van der Waals surface area contributed by atoms with Crippen LogP contribution in [0.2, 0.25) is 0 Å². The van der Waals surface area contributed by atoms with E-state index in [1.54, 1.807) is 0 Å². The van der Waals surface area contributed by atoms with E-state index < -0.39 is 5.41 Å². The molecule has 0 spiro atoms. The van der Waals surface area contributed by atoms with Gasteiger partial charge < -0.3 is 10.6 Å². The van der Waals surface area contributed by atoms with Crippen molar-refractivity contribution in [1.29, 1.82) is 0 Å². The Morgan fingerprint density at radius 2 is 1.80 bits per heavy atom. The van der Waals surface area contributed by atoms with Crippen molar-refractivity contribution < 1.29 is 9.59 Å². The molecule has 1 saturated carbocycles. The normalized spacial score (nSPS) is 26.9. The van der Waals surface area contributed by atoms with Crippen molar-refractivity contribution in [2.45, 2.75) is 66.3 Å². The van der Waals surface area contributed by atoms with Crippen molar-refractivity contribution in [3.63, 3.8) is 0 Å².